The van der Waals surface area contributed by atoms with Crippen LogP contribution < -0.4 is 10.5 Å². The molecule has 5 nitrogen and oxygen atoms in total. The van der Waals surface area contributed by atoms with E-state index in [9.17, 15) is 23.3 Å². The topological polar surface area (TPSA) is 78.4 Å². The molecule has 8 heteroatoms. The summed E-state index contributed by atoms with van der Waals surface area (Å²) >= 11 is 0. The molecule has 0 bridgehead atoms. The molecule has 0 aliphatic carbocycles. The molecule has 0 unspecified atom stereocenters. The number of hydrogen-bond donors (Lipinski definition) is 1. The highest BCUT2D eigenvalue weighted by Crippen LogP contribution is 2.25. The van der Waals surface area contributed by atoms with Crippen molar-refractivity contribution in [1.29, 1.82) is 0 Å². The molecule has 0 radical (unpaired) electrons. The zero-order valence-electron chi connectivity index (χ0n) is 8.53. The molecule has 0 saturated heterocycles. The van der Waals surface area contributed by atoms with Gasteiger partial charge in [-0.3, -0.25) is 10.1 Å². The maximum Gasteiger partial charge on any atom is 0.422 e. The first-order valence-corrected chi connectivity index (χ1v) is 4.50. The smallest absolute Gasteiger partial charge is 0.422 e. The normalized spacial score (nSPS) is 11.3. The van der Waals surface area contributed by atoms with E-state index in [0.717, 1.165) is 18.2 Å². The molecule has 1 rings (SSSR count). The van der Waals surface area contributed by atoms with Gasteiger partial charge in [0, 0.05) is 24.2 Å². The summed E-state index contributed by atoms with van der Waals surface area (Å²) in [6, 6.07) is 3.25. The van der Waals surface area contributed by atoms with E-state index >= 15 is 0 Å². The number of halogens is 3. The van der Waals surface area contributed by atoms with Gasteiger partial charge in [-0.05, 0) is 6.07 Å². The average molecular weight is 250 g/mol. The molecule has 17 heavy (non-hydrogen) atoms. The Kier molecular flexibility index (Phi) is 3.89. The molecule has 0 aliphatic rings. The van der Waals surface area contributed by atoms with Crippen molar-refractivity contribution in [1.82, 2.24) is 0 Å². The number of alkyl halides is 3. The highest BCUT2D eigenvalue weighted by molar-refractivity contribution is 5.43. The van der Waals surface area contributed by atoms with E-state index in [4.69, 9.17) is 5.73 Å². The molecule has 0 heterocycles. The summed E-state index contributed by atoms with van der Waals surface area (Å²) in [6.07, 6.45) is -4.46. The molecule has 2 N–H and O–H groups in total. The Balaban J connectivity index is 2.89. The molecule has 0 aliphatic heterocycles. The first-order chi connectivity index (χ1) is 7.83. The van der Waals surface area contributed by atoms with Gasteiger partial charge in [-0.1, -0.05) is 0 Å². The van der Waals surface area contributed by atoms with Crippen LogP contribution in [-0.2, 0) is 6.54 Å². The fourth-order valence-corrected chi connectivity index (χ4v) is 1.14. The Morgan fingerprint density at radius 2 is 2.06 bits per heavy atom. The summed E-state index contributed by atoms with van der Waals surface area (Å²) in [6.45, 7) is -1.60. The highest BCUT2D eigenvalue weighted by atomic mass is 19.4. The first-order valence-electron chi connectivity index (χ1n) is 4.50. The monoisotopic (exact) mass is 250 g/mol. The third-order valence-corrected chi connectivity index (χ3v) is 1.87. The van der Waals surface area contributed by atoms with E-state index in [-0.39, 0.29) is 23.5 Å². The van der Waals surface area contributed by atoms with Crippen LogP contribution in [0.1, 0.15) is 5.56 Å². The van der Waals surface area contributed by atoms with E-state index in [2.05, 4.69) is 4.74 Å². The van der Waals surface area contributed by atoms with Gasteiger partial charge in [0.1, 0.15) is 5.75 Å². The summed E-state index contributed by atoms with van der Waals surface area (Å²) < 4.78 is 40.3. The SMILES string of the molecule is NCc1cc([N+](=O)[O-])ccc1OCC(F)(F)F. The lowest BCUT2D eigenvalue weighted by Crippen LogP contribution is -2.20. The van der Waals surface area contributed by atoms with Gasteiger partial charge < -0.3 is 10.5 Å². The Morgan fingerprint density at radius 1 is 1.41 bits per heavy atom. The van der Waals surface area contributed by atoms with Gasteiger partial charge in [0.15, 0.2) is 6.61 Å². The molecule has 1 aromatic rings. The van der Waals surface area contributed by atoms with Crippen molar-refractivity contribution >= 4 is 5.69 Å². The van der Waals surface area contributed by atoms with Crippen molar-refractivity contribution in [2.24, 2.45) is 5.73 Å². The number of ether oxygens (including phenoxy) is 1. The summed E-state index contributed by atoms with van der Waals surface area (Å²) in [5.74, 6) is -0.101. The van der Waals surface area contributed by atoms with E-state index in [1.807, 2.05) is 0 Å². The zero-order valence-corrected chi connectivity index (χ0v) is 8.53. The third-order valence-electron chi connectivity index (χ3n) is 1.87. The molecule has 0 saturated carbocycles. The molecule has 0 amide bonds. The van der Waals surface area contributed by atoms with E-state index in [1.165, 1.54) is 0 Å². The molecule has 0 atom stereocenters. The predicted octanol–water partition coefficient (Wildman–Crippen LogP) is 1.99. The largest absolute Gasteiger partial charge is 0.484 e. The summed E-state index contributed by atoms with van der Waals surface area (Å²) in [5, 5.41) is 10.4. The van der Waals surface area contributed by atoms with Crippen LogP contribution in [0.5, 0.6) is 5.75 Å². The Morgan fingerprint density at radius 3 is 2.53 bits per heavy atom. The molecule has 0 fully saturated rings. The van der Waals surface area contributed by atoms with Crippen molar-refractivity contribution in [3.05, 3.63) is 33.9 Å². The lowest BCUT2D eigenvalue weighted by Gasteiger charge is -2.11. The van der Waals surface area contributed by atoms with Crippen molar-refractivity contribution in [2.75, 3.05) is 6.61 Å². The van der Waals surface area contributed by atoms with Crippen molar-refractivity contribution in [2.45, 2.75) is 12.7 Å². The second kappa shape index (κ2) is 5.00. The predicted molar refractivity (Wildman–Crippen MR) is 52.5 cm³/mol. The standard InChI is InChI=1S/C9H9F3N2O3/c10-9(11,12)5-17-8-2-1-7(14(15)16)3-6(8)4-13/h1-3H,4-5,13H2. The van der Waals surface area contributed by atoms with Crippen molar-refractivity contribution in [3.8, 4) is 5.75 Å². The number of benzene rings is 1. The van der Waals surface area contributed by atoms with E-state index in [0.29, 0.717) is 0 Å². The summed E-state index contributed by atoms with van der Waals surface area (Å²) in [5.41, 5.74) is 5.19. The van der Waals surface area contributed by atoms with E-state index < -0.39 is 17.7 Å². The number of nitro groups is 1. The molecular formula is C9H9F3N2O3. The zero-order chi connectivity index (χ0) is 13.1. The molecular weight excluding hydrogens is 241 g/mol. The van der Waals surface area contributed by atoms with Crippen LogP contribution in [0, 0.1) is 10.1 Å². The molecule has 0 spiro atoms. The van der Waals surface area contributed by atoms with Gasteiger partial charge >= 0.3 is 6.18 Å². The lowest BCUT2D eigenvalue weighted by molar-refractivity contribution is -0.384. The fourth-order valence-electron chi connectivity index (χ4n) is 1.14. The van der Waals surface area contributed by atoms with Gasteiger partial charge in [0.05, 0.1) is 4.92 Å². The van der Waals surface area contributed by atoms with Crippen LogP contribution in [-0.4, -0.2) is 17.7 Å². The number of hydrogen-bond acceptors (Lipinski definition) is 4. The first kappa shape index (κ1) is 13.2. The quantitative estimate of drug-likeness (QED) is 0.654. The van der Waals surface area contributed by atoms with Crippen LogP contribution in [0.4, 0.5) is 18.9 Å². The third kappa shape index (κ3) is 3.91. The van der Waals surface area contributed by atoms with Gasteiger partial charge in [0.25, 0.3) is 5.69 Å². The number of non-ortho nitro benzene ring substituents is 1. The highest BCUT2D eigenvalue weighted by Gasteiger charge is 2.28. The average Bonchev–Trinajstić information content (AvgIpc) is 2.24. The van der Waals surface area contributed by atoms with Crippen LogP contribution >= 0.6 is 0 Å². The summed E-state index contributed by atoms with van der Waals surface area (Å²) in [4.78, 5) is 9.78. The maximum atomic E-state index is 11.9. The van der Waals surface area contributed by atoms with Crippen molar-refractivity contribution in [3.63, 3.8) is 0 Å². The number of nitrogens with two attached hydrogens (primary N) is 1. The van der Waals surface area contributed by atoms with Gasteiger partial charge in [0.2, 0.25) is 0 Å². The number of rotatable bonds is 4. The van der Waals surface area contributed by atoms with Crippen LogP contribution in [0.15, 0.2) is 18.2 Å². The number of nitrogens with zero attached hydrogens (tertiary/aromatic N) is 1. The Labute approximate surface area is 94.1 Å². The van der Waals surface area contributed by atoms with Crippen LogP contribution in [0.3, 0.4) is 0 Å². The second-order valence-corrected chi connectivity index (χ2v) is 3.16. The van der Waals surface area contributed by atoms with Gasteiger partial charge in [-0.25, -0.2) is 0 Å². The van der Waals surface area contributed by atoms with Crippen LogP contribution in [0.25, 0.3) is 0 Å². The Hall–Kier alpha value is -1.83. The minimum absolute atomic E-state index is 0.101. The summed E-state index contributed by atoms with van der Waals surface area (Å²) in [7, 11) is 0. The van der Waals surface area contributed by atoms with Crippen molar-refractivity contribution < 1.29 is 22.8 Å². The van der Waals surface area contributed by atoms with E-state index in [1.54, 1.807) is 0 Å². The van der Waals surface area contributed by atoms with Gasteiger partial charge in [-0.2, -0.15) is 13.2 Å². The number of nitro benzene ring substituents is 1. The van der Waals surface area contributed by atoms with Gasteiger partial charge in [-0.15, -0.1) is 0 Å². The minimum Gasteiger partial charge on any atom is -0.484 e. The molecule has 94 valence electrons. The Bertz CT molecular complexity index is 420. The fraction of sp³-hybridized carbons (Fsp3) is 0.333. The maximum absolute atomic E-state index is 11.9. The molecule has 1 aromatic carbocycles. The minimum atomic E-state index is -4.46. The second-order valence-electron chi connectivity index (χ2n) is 3.16. The van der Waals surface area contributed by atoms with Crippen LogP contribution in [0.2, 0.25) is 0 Å². The lowest BCUT2D eigenvalue weighted by atomic mass is 10.2. The molecule has 0 aromatic heterocycles.